The van der Waals surface area contributed by atoms with E-state index in [9.17, 15) is 9.59 Å². The van der Waals surface area contributed by atoms with Gasteiger partial charge in [-0.3, -0.25) is 4.79 Å². The Morgan fingerprint density at radius 1 is 1.26 bits per heavy atom. The molecule has 1 amide bonds. The van der Waals surface area contributed by atoms with Crippen LogP contribution in [-0.2, 0) is 11.3 Å². The van der Waals surface area contributed by atoms with Crippen molar-refractivity contribution < 1.29 is 14.7 Å². The number of amides is 1. The van der Waals surface area contributed by atoms with Crippen molar-refractivity contribution in [1.82, 2.24) is 5.32 Å². The van der Waals surface area contributed by atoms with Gasteiger partial charge in [-0.15, -0.1) is 22.7 Å². The summed E-state index contributed by atoms with van der Waals surface area (Å²) in [5.41, 5.74) is 0.818. The molecule has 2 N–H and O–H groups in total. The van der Waals surface area contributed by atoms with Gasteiger partial charge in [0.1, 0.15) is 0 Å². The van der Waals surface area contributed by atoms with E-state index in [2.05, 4.69) is 5.32 Å². The number of hydrogen-bond acceptors (Lipinski definition) is 4. The van der Waals surface area contributed by atoms with Crippen LogP contribution in [0.5, 0.6) is 0 Å². The molecular formula is C13H11NO3S2. The van der Waals surface area contributed by atoms with Crippen molar-refractivity contribution in [3.05, 3.63) is 50.4 Å². The summed E-state index contributed by atoms with van der Waals surface area (Å²) in [4.78, 5) is 23.8. The first-order valence-corrected chi connectivity index (χ1v) is 7.22. The number of carboxylic acid groups (broad SMARTS) is 1. The average Bonchev–Trinajstić information content (AvgIpc) is 3.04. The van der Waals surface area contributed by atoms with Gasteiger partial charge < -0.3 is 10.4 Å². The zero-order chi connectivity index (χ0) is 13.7. The highest BCUT2D eigenvalue weighted by atomic mass is 32.1. The molecule has 0 spiro atoms. The second-order valence-corrected chi connectivity index (χ2v) is 5.58. The van der Waals surface area contributed by atoms with Crippen molar-refractivity contribution >= 4 is 40.6 Å². The van der Waals surface area contributed by atoms with Crippen LogP contribution in [0.15, 0.2) is 35.0 Å². The number of hydrogen-bond donors (Lipinski definition) is 2. The number of rotatable bonds is 5. The van der Waals surface area contributed by atoms with Crippen molar-refractivity contribution in [3.63, 3.8) is 0 Å². The van der Waals surface area contributed by atoms with Gasteiger partial charge in [0.05, 0.1) is 11.4 Å². The van der Waals surface area contributed by atoms with Crippen LogP contribution in [0.2, 0.25) is 0 Å². The number of aliphatic carboxylic acids is 1. The molecule has 2 heterocycles. The van der Waals surface area contributed by atoms with E-state index in [0.717, 1.165) is 16.5 Å². The molecule has 0 aliphatic rings. The number of carboxylic acids is 1. The lowest BCUT2D eigenvalue weighted by molar-refractivity contribution is -0.131. The summed E-state index contributed by atoms with van der Waals surface area (Å²) in [5, 5.41) is 15.1. The van der Waals surface area contributed by atoms with Crippen LogP contribution in [0.3, 0.4) is 0 Å². The maximum atomic E-state index is 11.8. The van der Waals surface area contributed by atoms with Crippen molar-refractivity contribution in [1.29, 1.82) is 0 Å². The highest BCUT2D eigenvalue weighted by Gasteiger charge is 2.08. The first-order chi connectivity index (χ1) is 9.16. The largest absolute Gasteiger partial charge is 0.478 e. The highest BCUT2D eigenvalue weighted by Crippen LogP contribution is 2.18. The summed E-state index contributed by atoms with van der Waals surface area (Å²) in [6.45, 7) is 0.397. The predicted octanol–water partition coefficient (Wildman–Crippen LogP) is 2.84. The molecule has 0 saturated heterocycles. The molecule has 0 unspecified atom stereocenters. The SMILES string of the molecule is O=C(O)C=Cc1ccsc1CNC(=O)c1cccs1. The maximum absolute atomic E-state index is 11.8. The fraction of sp³-hybridized carbons (Fsp3) is 0.0769. The third-order valence-corrected chi connectivity index (χ3v) is 4.15. The molecule has 2 aromatic heterocycles. The third kappa shape index (κ3) is 3.77. The fourth-order valence-electron chi connectivity index (χ4n) is 1.46. The maximum Gasteiger partial charge on any atom is 0.328 e. The minimum Gasteiger partial charge on any atom is -0.478 e. The lowest BCUT2D eigenvalue weighted by Crippen LogP contribution is -2.21. The molecule has 2 aromatic rings. The third-order valence-electron chi connectivity index (χ3n) is 2.34. The number of nitrogens with one attached hydrogen (secondary N) is 1. The number of carbonyl (C=O) groups excluding carboxylic acids is 1. The molecule has 0 atom stereocenters. The molecule has 0 fully saturated rings. The zero-order valence-electron chi connectivity index (χ0n) is 9.83. The fourth-order valence-corrected chi connectivity index (χ4v) is 2.91. The van der Waals surface area contributed by atoms with Crippen LogP contribution in [0.1, 0.15) is 20.1 Å². The number of thiophene rings is 2. The molecule has 6 heteroatoms. The van der Waals surface area contributed by atoms with Crippen molar-refractivity contribution in [2.45, 2.75) is 6.54 Å². The topological polar surface area (TPSA) is 66.4 Å². The number of carbonyl (C=O) groups is 2. The molecule has 0 aromatic carbocycles. The van der Waals surface area contributed by atoms with Gasteiger partial charge in [-0.25, -0.2) is 4.79 Å². The van der Waals surface area contributed by atoms with Gasteiger partial charge in [-0.2, -0.15) is 0 Å². The second-order valence-electron chi connectivity index (χ2n) is 3.63. The first kappa shape index (κ1) is 13.5. The van der Waals surface area contributed by atoms with Crippen LogP contribution in [-0.4, -0.2) is 17.0 Å². The van der Waals surface area contributed by atoms with E-state index < -0.39 is 5.97 Å². The summed E-state index contributed by atoms with van der Waals surface area (Å²) in [5.74, 6) is -1.10. The molecule has 0 bridgehead atoms. The van der Waals surface area contributed by atoms with Gasteiger partial charge >= 0.3 is 5.97 Å². The van der Waals surface area contributed by atoms with Crippen LogP contribution >= 0.6 is 22.7 Å². The molecule has 4 nitrogen and oxygen atoms in total. The Morgan fingerprint density at radius 3 is 2.79 bits per heavy atom. The summed E-state index contributed by atoms with van der Waals surface area (Å²) in [7, 11) is 0. The molecule has 0 aliphatic carbocycles. The normalized spacial score (nSPS) is 10.7. The van der Waals surface area contributed by atoms with Crippen molar-refractivity contribution in [2.24, 2.45) is 0 Å². The Morgan fingerprint density at radius 2 is 2.11 bits per heavy atom. The van der Waals surface area contributed by atoms with Crippen LogP contribution in [0.4, 0.5) is 0 Å². The van der Waals surface area contributed by atoms with Gasteiger partial charge in [0.2, 0.25) is 0 Å². The Kier molecular flexibility index (Phi) is 4.48. The Hall–Kier alpha value is -1.92. The Bertz CT molecular complexity index is 599. The second kappa shape index (κ2) is 6.31. The zero-order valence-corrected chi connectivity index (χ0v) is 11.5. The van der Waals surface area contributed by atoms with Crippen molar-refractivity contribution in [3.8, 4) is 0 Å². The lowest BCUT2D eigenvalue weighted by Gasteiger charge is -2.02. The van der Waals surface area contributed by atoms with E-state index in [0.29, 0.717) is 11.4 Å². The van der Waals surface area contributed by atoms with E-state index in [4.69, 9.17) is 5.11 Å². The van der Waals surface area contributed by atoms with Crippen LogP contribution in [0.25, 0.3) is 6.08 Å². The van der Waals surface area contributed by atoms with Crippen LogP contribution in [0, 0.1) is 0 Å². The standard InChI is InChI=1S/C13H11NO3S2/c15-12(16)4-3-9-5-7-19-11(9)8-14-13(17)10-2-1-6-18-10/h1-7H,8H2,(H,14,17)(H,15,16). The Labute approximate surface area is 118 Å². The molecule has 2 rings (SSSR count). The molecule has 98 valence electrons. The van der Waals surface area contributed by atoms with Gasteiger partial charge in [-0.1, -0.05) is 6.07 Å². The summed E-state index contributed by atoms with van der Waals surface area (Å²) < 4.78 is 0. The smallest absolute Gasteiger partial charge is 0.328 e. The quantitative estimate of drug-likeness (QED) is 0.833. The van der Waals surface area contributed by atoms with Gasteiger partial charge in [0, 0.05) is 11.0 Å². The van der Waals surface area contributed by atoms with E-state index in [1.54, 1.807) is 6.07 Å². The minimum atomic E-state index is -0.986. The Balaban J connectivity index is 1.98. The van der Waals surface area contributed by atoms with Crippen molar-refractivity contribution in [2.75, 3.05) is 0 Å². The van der Waals surface area contributed by atoms with Gasteiger partial charge in [0.15, 0.2) is 0 Å². The molecule has 0 aliphatic heterocycles. The predicted molar refractivity (Wildman–Crippen MR) is 76.5 cm³/mol. The van der Waals surface area contributed by atoms with E-state index >= 15 is 0 Å². The highest BCUT2D eigenvalue weighted by molar-refractivity contribution is 7.12. The summed E-state index contributed by atoms with van der Waals surface area (Å²) in [6, 6.07) is 5.42. The summed E-state index contributed by atoms with van der Waals surface area (Å²) in [6.07, 6.45) is 2.62. The van der Waals surface area contributed by atoms with Gasteiger partial charge in [-0.05, 0) is 34.5 Å². The summed E-state index contributed by atoms with van der Waals surface area (Å²) >= 11 is 2.87. The van der Waals surface area contributed by atoms with Crippen LogP contribution < -0.4 is 5.32 Å². The molecular weight excluding hydrogens is 282 g/mol. The van der Waals surface area contributed by atoms with E-state index in [-0.39, 0.29) is 5.91 Å². The van der Waals surface area contributed by atoms with Gasteiger partial charge in [0.25, 0.3) is 5.91 Å². The lowest BCUT2D eigenvalue weighted by atomic mass is 10.2. The first-order valence-electron chi connectivity index (χ1n) is 5.46. The minimum absolute atomic E-state index is 0.114. The molecule has 0 radical (unpaired) electrons. The van der Waals surface area contributed by atoms with E-state index in [1.807, 2.05) is 22.9 Å². The molecule has 19 heavy (non-hydrogen) atoms. The molecule has 0 saturated carbocycles. The monoisotopic (exact) mass is 293 g/mol. The average molecular weight is 293 g/mol. The van der Waals surface area contributed by atoms with E-state index in [1.165, 1.54) is 28.7 Å².